The molecular formula is C20H20N2O2. The van der Waals surface area contributed by atoms with Crippen molar-refractivity contribution in [2.75, 3.05) is 13.2 Å². The monoisotopic (exact) mass is 320 g/mol. The van der Waals surface area contributed by atoms with Crippen molar-refractivity contribution in [2.45, 2.75) is 24.9 Å². The molecule has 2 atom stereocenters. The van der Waals surface area contributed by atoms with Crippen LogP contribution in [0.4, 0.5) is 0 Å². The van der Waals surface area contributed by atoms with Gasteiger partial charge in [-0.3, -0.25) is 0 Å². The number of hydrogen-bond donors (Lipinski definition) is 0. The molecule has 4 heteroatoms. The summed E-state index contributed by atoms with van der Waals surface area (Å²) in [5, 5.41) is 0. The molecule has 0 saturated heterocycles. The molecule has 122 valence electrons. The second kappa shape index (κ2) is 6.87. The van der Waals surface area contributed by atoms with Gasteiger partial charge in [0.15, 0.2) is 0 Å². The van der Waals surface area contributed by atoms with Crippen molar-refractivity contribution in [2.24, 2.45) is 9.98 Å². The Morgan fingerprint density at radius 2 is 1.08 bits per heavy atom. The van der Waals surface area contributed by atoms with E-state index < -0.39 is 0 Å². The Bertz CT molecular complexity index is 675. The number of nitrogens with zero attached hydrogens (tertiary/aromatic N) is 2. The average molecular weight is 320 g/mol. The third-order valence-corrected chi connectivity index (χ3v) is 4.24. The van der Waals surface area contributed by atoms with Gasteiger partial charge in [-0.1, -0.05) is 60.7 Å². The highest BCUT2D eigenvalue weighted by atomic mass is 16.5. The van der Waals surface area contributed by atoms with Gasteiger partial charge >= 0.3 is 0 Å². The quantitative estimate of drug-likeness (QED) is 0.850. The zero-order valence-electron chi connectivity index (χ0n) is 13.5. The van der Waals surface area contributed by atoms with Gasteiger partial charge in [0.25, 0.3) is 11.8 Å². The highest BCUT2D eigenvalue weighted by molar-refractivity contribution is 6.36. The van der Waals surface area contributed by atoms with E-state index in [0.29, 0.717) is 25.0 Å². The fourth-order valence-electron chi connectivity index (χ4n) is 3.05. The van der Waals surface area contributed by atoms with E-state index >= 15 is 0 Å². The lowest BCUT2D eigenvalue weighted by molar-refractivity contribution is 0.293. The third kappa shape index (κ3) is 3.48. The molecule has 0 spiro atoms. The van der Waals surface area contributed by atoms with Gasteiger partial charge in [-0.15, -0.1) is 0 Å². The van der Waals surface area contributed by atoms with Gasteiger partial charge in [-0.2, -0.15) is 0 Å². The van der Waals surface area contributed by atoms with E-state index in [1.165, 1.54) is 11.1 Å². The summed E-state index contributed by atoms with van der Waals surface area (Å²) < 4.78 is 11.4. The van der Waals surface area contributed by atoms with Gasteiger partial charge in [-0.05, 0) is 24.0 Å². The van der Waals surface area contributed by atoms with Crippen molar-refractivity contribution in [3.05, 3.63) is 71.8 Å². The van der Waals surface area contributed by atoms with Crippen molar-refractivity contribution in [3.63, 3.8) is 0 Å². The fraction of sp³-hybridized carbons (Fsp3) is 0.300. The van der Waals surface area contributed by atoms with Gasteiger partial charge in [0.1, 0.15) is 13.2 Å². The number of benzene rings is 2. The zero-order chi connectivity index (χ0) is 16.2. The minimum absolute atomic E-state index is 0.141. The maximum atomic E-state index is 5.71. The maximum absolute atomic E-state index is 5.71. The van der Waals surface area contributed by atoms with Crippen molar-refractivity contribution in [3.8, 4) is 0 Å². The van der Waals surface area contributed by atoms with Crippen LogP contribution in [0, 0.1) is 0 Å². The topological polar surface area (TPSA) is 43.2 Å². The Morgan fingerprint density at radius 3 is 1.50 bits per heavy atom. The Kier molecular flexibility index (Phi) is 4.28. The predicted molar refractivity (Wildman–Crippen MR) is 94.6 cm³/mol. The van der Waals surface area contributed by atoms with Gasteiger partial charge < -0.3 is 9.47 Å². The lowest BCUT2D eigenvalue weighted by atomic mass is 10.1. The molecule has 0 N–H and O–H groups in total. The molecule has 4 nitrogen and oxygen atoms in total. The van der Waals surface area contributed by atoms with Gasteiger partial charge in [-0.25, -0.2) is 9.98 Å². The minimum Gasteiger partial charge on any atom is -0.472 e. The maximum Gasteiger partial charge on any atom is 0.273 e. The Morgan fingerprint density at radius 1 is 0.667 bits per heavy atom. The van der Waals surface area contributed by atoms with E-state index in [-0.39, 0.29) is 12.1 Å². The van der Waals surface area contributed by atoms with E-state index in [0.717, 1.165) is 12.8 Å². The second-order valence-corrected chi connectivity index (χ2v) is 6.18. The number of hydrogen-bond acceptors (Lipinski definition) is 4. The Balaban J connectivity index is 1.39. The first-order valence-corrected chi connectivity index (χ1v) is 8.36. The Labute approximate surface area is 141 Å². The van der Waals surface area contributed by atoms with Gasteiger partial charge in [0, 0.05) is 0 Å². The molecule has 0 amide bonds. The average Bonchev–Trinajstić information content (AvgIpc) is 3.26. The minimum atomic E-state index is 0.141. The van der Waals surface area contributed by atoms with Crippen molar-refractivity contribution in [1.82, 2.24) is 0 Å². The van der Waals surface area contributed by atoms with Crippen LogP contribution in [0.1, 0.15) is 11.1 Å². The third-order valence-electron chi connectivity index (χ3n) is 4.24. The SMILES string of the molecule is c1ccc(C[C@H]2COC(C3=N[C@@H](Cc4ccccc4)CO3)=N2)cc1. The van der Waals surface area contributed by atoms with Gasteiger partial charge in [0.05, 0.1) is 12.1 Å². The summed E-state index contributed by atoms with van der Waals surface area (Å²) in [7, 11) is 0. The van der Waals surface area contributed by atoms with E-state index in [9.17, 15) is 0 Å². The summed E-state index contributed by atoms with van der Waals surface area (Å²) in [4.78, 5) is 9.29. The fourth-order valence-corrected chi connectivity index (χ4v) is 3.05. The lowest BCUT2D eigenvalue weighted by Crippen LogP contribution is -2.14. The van der Waals surface area contributed by atoms with Crippen LogP contribution >= 0.6 is 0 Å². The van der Waals surface area contributed by atoms with Gasteiger partial charge in [0.2, 0.25) is 0 Å². The standard InChI is InChI=1S/C20H20N2O2/c1-3-7-15(8-4-1)11-17-13-23-19(21-17)20-22-18(14-24-20)12-16-9-5-2-6-10-16/h1-10,17-18H,11-14H2/t17-,18-/m0/s1. The van der Waals surface area contributed by atoms with E-state index in [2.05, 4.69) is 34.3 Å². The molecule has 2 aliphatic heterocycles. The van der Waals surface area contributed by atoms with Crippen LogP contribution in [0.3, 0.4) is 0 Å². The summed E-state index contributed by atoms with van der Waals surface area (Å²) >= 11 is 0. The smallest absolute Gasteiger partial charge is 0.273 e. The molecule has 0 radical (unpaired) electrons. The van der Waals surface area contributed by atoms with Crippen LogP contribution in [0.5, 0.6) is 0 Å². The predicted octanol–water partition coefficient (Wildman–Crippen LogP) is 3.07. The summed E-state index contributed by atoms with van der Waals surface area (Å²) in [5.74, 6) is 1.12. The molecule has 4 rings (SSSR count). The first kappa shape index (κ1) is 14.9. The van der Waals surface area contributed by atoms with Crippen molar-refractivity contribution < 1.29 is 9.47 Å². The molecule has 2 aromatic rings. The molecule has 0 unspecified atom stereocenters. The Hall–Kier alpha value is -2.62. The molecule has 0 aromatic heterocycles. The van der Waals surface area contributed by atoms with Crippen LogP contribution in [0.25, 0.3) is 0 Å². The number of aliphatic imine (C=N–C) groups is 2. The first-order valence-electron chi connectivity index (χ1n) is 8.36. The molecule has 2 heterocycles. The van der Waals surface area contributed by atoms with Crippen LogP contribution in [-0.2, 0) is 22.3 Å². The summed E-state index contributed by atoms with van der Waals surface area (Å²) in [6.45, 7) is 1.19. The van der Waals surface area contributed by atoms with E-state index in [1.54, 1.807) is 0 Å². The number of rotatable bonds is 5. The highest BCUT2D eigenvalue weighted by Gasteiger charge is 2.29. The number of ether oxygens (including phenoxy) is 2. The normalized spacial score (nSPS) is 22.5. The molecule has 0 bridgehead atoms. The summed E-state index contributed by atoms with van der Waals surface area (Å²) in [6.07, 6.45) is 1.76. The molecule has 2 aromatic carbocycles. The largest absolute Gasteiger partial charge is 0.472 e. The summed E-state index contributed by atoms with van der Waals surface area (Å²) in [6, 6.07) is 21.0. The summed E-state index contributed by atoms with van der Waals surface area (Å²) in [5.41, 5.74) is 2.54. The zero-order valence-corrected chi connectivity index (χ0v) is 13.5. The molecule has 24 heavy (non-hydrogen) atoms. The first-order chi connectivity index (χ1) is 11.9. The second-order valence-electron chi connectivity index (χ2n) is 6.18. The molecule has 2 aliphatic rings. The van der Waals surface area contributed by atoms with Crippen LogP contribution in [-0.4, -0.2) is 37.1 Å². The van der Waals surface area contributed by atoms with E-state index in [1.807, 2.05) is 36.4 Å². The van der Waals surface area contributed by atoms with Crippen LogP contribution in [0.15, 0.2) is 70.6 Å². The lowest BCUT2D eigenvalue weighted by Gasteiger charge is -2.04. The molecular weight excluding hydrogens is 300 g/mol. The molecule has 0 fully saturated rings. The van der Waals surface area contributed by atoms with Crippen LogP contribution in [0.2, 0.25) is 0 Å². The van der Waals surface area contributed by atoms with Crippen LogP contribution < -0.4 is 0 Å². The van der Waals surface area contributed by atoms with E-state index in [4.69, 9.17) is 9.47 Å². The highest BCUT2D eigenvalue weighted by Crippen LogP contribution is 2.17. The van der Waals surface area contributed by atoms with Crippen molar-refractivity contribution in [1.29, 1.82) is 0 Å². The van der Waals surface area contributed by atoms with Crippen molar-refractivity contribution >= 4 is 11.8 Å². The molecule has 0 aliphatic carbocycles. The molecule has 0 saturated carbocycles.